The van der Waals surface area contributed by atoms with Gasteiger partial charge in [0.05, 0.1) is 5.69 Å². The molecule has 4 rings (SSSR count). The van der Waals surface area contributed by atoms with Gasteiger partial charge < -0.3 is 10.0 Å². The number of nitrogens with zero attached hydrogens (tertiary/aromatic N) is 4. The molecule has 0 bridgehead atoms. The van der Waals surface area contributed by atoms with E-state index in [1.165, 1.54) is 18.5 Å². The number of hydrogen-bond acceptors (Lipinski definition) is 5. The Bertz CT molecular complexity index is 1210. The maximum atomic E-state index is 13.6. The van der Waals surface area contributed by atoms with Gasteiger partial charge in [0.1, 0.15) is 17.8 Å². The molecule has 2 N–H and O–H groups in total. The van der Waals surface area contributed by atoms with Gasteiger partial charge in [0, 0.05) is 47.6 Å². The third-order valence-electron chi connectivity index (χ3n) is 5.38. The SMILES string of the molecule is Cc1ncnc(C(=O)N2CCc3[nH]nc(-c4cccc(F)c4)c3CC2)c1C.O=C(O)C(F)(F)F. The number of nitrogens with one attached hydrogen (secondary N) is 1. The van der Waals surface area contributed by atoms with Crippen molar-refractivity contribution in [3.63, 3.8) is 0 Å². The molecule has 0 radical (unpaired) electrons. The summed E-state index contributed by atoms with van der Waals surface area (Å²) in [4.78, 5) is 32.0. The Balaban J connectivity index is 0.000000406. The molecule has 1 amide bonds. The Kier molecular flexibility index (Phi) is 7.28. The largest absolute Gasteiger partial charge is 0.490 e. The van der Waals surface area contributed by atoms with Crippen molar-refractivity contribution in [1.82, 2.24) is 25.1 Å². The summed E-state index contributed by atoms with van der Waals surface area (Å²) in [6.45, 7) is 4.89. The molecule has 0 saturated heterocycles. The average Bonchev–Trinajstić information content (AvgIpc) is 3.06. The summed E-state index contributed by atoms with van der Waals surface area (Å²) in [6.07, 6.45) is -2.32. The Morgan fingerprint density at radius 3 is 2.44 bits per heavy atom. The van der Waals surface area contributed by atoms with Gasteiger partial charge in [0.25, 0.3) is 5.91 Å². The van der Waals surface area contributed by atoms with Gasteiger partial charge in [-0.2, -0.15) is 18.3 Å². The Morgan fingerprint density at radius 2 is 1.79 bits per heavy atom. The van der Waals surface area contributed by atoms with Gasteiger partial charge in [0.2, 0.25) is 0 Å². The van der Waals surface area contributed by atoms with Gasteiger partial charge in [-0.3, -0.25) is 9.89 Å². The van der Waals surface area contributed by atoms with Crippen molar-refractivity contribution in [2.75, 3.05) is 13.1 Å². The van der Waals surface area contributed by atoms with E-state index in [1.54, 1.807) is 6.07 Å². The van der Waals surface area contributed by atoms with E-state index in [0.717, 1.165) is 33.8 Å². The first-order chi connectivity index (χ1) is 16.0. The topological polar surface area (TPSA) is 112 Å². The molecule has 12 heteroatoms. The van der Waals surface area contributed by atoms with Crippen LogP contribution in [-0.4, -0.2) is 61.3 Å². The smallest absolute Gasteiger partial charge is 0.475 e. The molecule has 0 saturated carbocycles. The summed E-state index contributed by atoms with van der Waals surface area (Å²) in [5, 5.41) is 14.6. The third kappa shape index (κ3) is 5.56. The predicted octanol–water partition coefficient (Wildman–Crippen LogP) is 3.50. The molecule has 1 aliphatic rings. The number of aromatic amines is 1. The molecule has 3 heterocycles. The molecule has 8 nitrogen and oxygen atoms in total. The molecule has 1 aromatic carbocycles. The highest BCUT2D eigenvalue weighted by atomic mass is 19.4. The van der Waals surface area contributed by atoms with E-state index in [1.807, 2.05) is 24.8 Å². The number of hydrogen-bond donors (Lipinski definition) is 2. The van der Waals surface area contributed by atoms with Crippen molar-refractivity contribution in [1.29, 1.82) is 0 Å². The lowest BCUT2D eigenvalue weighted by molar-refractivity contribution is -0.192. The van der Waals surface area contributed by atoms with Crippen LogP contribution in [-0.2, 0) is 17.6 Å². The zero-order chi connectivity index (χ0) is 25.0. The lowest BCUT2D eigenvalue weighted by atomic mass is 10.0. The second-order valence-corrected chi connectivity index (χ2v) is 7.57. The summed E-state index contributed by atoms with van der Waals surface area (Å²) < 4.78 is 45.3. The molecule has 0 atom stereocenters. The molecule has 34 heavy (non-hydrogen) atoms. The van der Waals surface area contributed by atoms with E-state index in [0.29, 0.717) is 31.6 Å². The maximum Gasteiger partial charge on any atom is 0.490 e. The molecule has 0 spiro atoms. The first-order valence-corrected chi connectivity index (χ1v) is 10.2. The van der Waals surface area contributed by atoms with Gasteiger partial charge in [-0.25, -0.2) is 19.2 Å². The lowest BCUT2D eigenvalue weighted by Crippen LogP contribution is -2.34. The molecule has 180 valence electrons. The minimum Gasteiger partial charge on any atom is -0.475 e. The number of rotatable bonds is 2. The van der Waals surface area contributed by atoms with E-state index in [-0.39, 0.29) is 11.7 Å². The van der Waals surface area contributed by atoms with Crippen molar-refractivity contribution in [2.24, 2.45) is 0 Å². The van der Waals surface area contributed by atoms with Crippen molar-refractivity contribution in [2.45, 2.75) is 32.9 Å². The van der Waals surface area contributed by atoms with Gasteiger partial charge in [-0.05, 0) is 32.4 Å². The summed E-state index contributed by atoms with van der Waals surface area (Å²) in [5.74, 6) is -3.12. The van der Waals surface area contributed by atoms with Crippen LogP contribution in [0.2, 0.25) is 0 Å². The van der Waals surface area contributed by atoms with Crippen LogP contribution in [0.25, 0.3) is 11.3 Å². The van der Waals surface area contributed by atoms with E-state index < -0.39 is 12.1 Å². The van der Waals surface area contributed by atoms with E-state index in [4.69, 9.17) is 9.90 Å². The number of halogens is 4. The fraction of sp³-hybridized carbons (Fsp3) is 0.318. The Hall–Kier alpha value is -3.83. The van der Waals surface area contributed by atoms with Crippen LogP contribution >= 0.6 is 0 Å². The van der Waals surface area contributed by atoms with Crippen LogP contribution in [0.5, 0.6) is 0 Å². The quantitative estimate of drug-likeness (QED) is 0.545. The molecule has 3 aromatic rings. The summed E-state index contributed by atoms with van der Waals surface area (Å²) in [7, 11) is 0. The number of amides is 1. The zero-order valence-electron chi connectivity index (χ0n) is 18.3. The highest BCUT2D eigenvalue weighted by Gasteiger charge is 2.38. The van der Waals surface area contributed by atoms with E-state index >= 15 is 0 Å². The number of aryl methyl sites for hydroxylation is 1. The standard InChI is InChI=1S/C20H20FN5O.C2HF3O2/c1-12-13(2)22-11-23-18(12)20(27)26-8-6-16-17(7-9-26)24-25-19(16)14-4-3-5-15(21)10-14;3-2(4,5)1(6)7/h3-5,10-11H,6-9H2,1-2H3,(H,24,25);(H,6,7). The molecular formula is C22H21F4N5O3. The number of carboxylic acids is 1. The normalized spacial score (nSPS) is 13.4. The average molecular weight is 479 g/mol. The number of H-pyrrole nitrogens is 1. The maximum absolute atomic E-state index is 13.6. The second-order valence-electron chi connectivity index (χ2n) is 7.57. The summed E-state index contributed by atoms with van der Waals surface area (Å²) >= 11 is 0. The van der Waals surface area contributed by atoms with Crippen molar-refractivity contribution in [3.05, 3.63) is 64.6 Å². The third-order valence-corrected chi connectivity index (χ3v) is 5.38. The van der Waals surface area contributed by atoms with Crippen molar-refractivity contribution >= 4 is 11.9 Å². The number of carbonyl (C=O) groups is 2. The van der Waals surface area contributed by atoms with Crippen molar-refractivity contribution in [3.8, 4) is 11.3 Å². The summed E-state index contributed by atoms with van der Waals surface area (Å²) in [5.41, 5.74) is 5.63. The zero-order valence-corrected chi connectivity index (χ0v) is 18.3. The van der Waals surface area contributed by atoms with Crippen LogP contribution in [0.3, 0.4) is 0 Å². The van der Waals surface area contributed by atoms with E-state index in [9.17, 15) is 22.4 Å². The number of fused-ring (bicyclic) bond motifs is 1. The minimum atomic E-state index is -5.08. The molecule has 1 aliphatic heterocycles. The van der Waals surface area contributed by atoms with Crippen LogP contribution < -0.4 is 0 Å². The number of carbonyl (C=O) groups excluding carboxylic acids is 1. The van der Waals surface area contributed by atoms with Gasteiger partial charge >= 0.3 is 12.1 Å². The molecule has 0 aliphatic carbocycles. The Labute approximate surface area is 191 Å². The molecular weight excluding hydrogens is 458 g/mol. The monoisotopic (exact) mass is 479 g/mol. The van der Waals surface area contributed by atoms with Gasteiger partial charge in [-0.1, -0.05) is 12.1 Å². The van der Waals surface area contributed by atoms with Crippen LogP contribution in [0.1, 0.15) is 33.0 Å². The van der Waals surface area contributed by atoms with Crippen molar-refractivity contribution < 1.29 is 32.3 Å². The first-order valence-electron chi connectivity index (χ1n) is 10.2. The van der Waals surface area contributed by atoms with Gasteiger partial charge in [0.15, 0.2) is 0 Å². The number of aromatic nitrogens is 4. The molecule has 0 unspecified atom stereocenters. The lowest BCUT2D eigenvalue weighted by Gasteiger charge is -2.21. The fourth-order valence-electron chi connectivity index (χ4n) is 3.46. The number of benzene rings is 1. The van der Waals surface area contributed by atoms with Gasteiger partial charge in [-0.15, -0.1) is 0 Å². The highest BCUT2D eigenvalue weighted by Crippen LogP contribution is 2.27. The number of alkyl halides is 3. The fourth-order valence-corrected chi connectivity index (χ4v) is 3.46. The predicted molar refractivity (Wildman–Crippen MR) is 112 cm³/mol. The van der Waals surface area contributed by atoms with E-state index in [2.05, 4.69) is 20.2 Å². The second kappa shape index (κ2) is 9.98. The highest BCUT2D eigenvalue weighted by molar-refractivity contribution is 5.93. The Morgan fingerprint density at radius 1 is 1.12 bits per heavy atom. The first kappa shape index (κ1) is 24.8. The van der Waals surface area contributed by atoms with Crippen LogP contribution in [0, 0.1) is 19.7 Å². The summed E-state index contributed by atoms with van der Waals surface area (Å²) in [6, 6.07) is 6.43. The van der Waals surface area contributed by atoms with Crippen LogP contribution in [0.4, 0.5) is 17.6 Å². The van der Waals surface area contributed by atoms with Crippen LogP contribution in [0.15, 0.2) is 30.6 Å². The molecule has 2 aromatic heterocycles. The molecule has 0 fully saturated rings. The minimum absolute atomic E-state index is 0.0802. The number of aliphatic carboxylic acids is 1. The number of carboxylic acid groups (broad SMARTS) is 1.